The van der Waals surface area contributed by atoms with Gasteiger partial charge in [0.2, 0.25) is 0 Å². The summed E-state index contributed by atoms with van der Waals surface area (Å²) >= 11 is 5.71. The number of hydrogen-bond acceptors (Lipinski definition) is 4. The highest BCUT2D eigenvalue weighted by atomic mass is 35.5. The minimum Gasteiger partial charge on any atom is -0.493 e. The molecule has 3 rings (SSSR count). The molecule has 1 amide bonds. The predicted molar refractivity (Wildman–Crippen MR) is 115 cm³/mol. The molecule has 1 aromatic heterocycles. The fraction of sp³-hybridized carbons (Fsp3) is 0.217. The second-order valence-electron chi connectivity index (χ2n) is 6.33. The highest BCUT2D eigenvalue weighted by Crippen LogP contribution is 2.24. The van der Waals surface area contributed by atoms with Crippen LogP contribution in [0.15, 0.2) is 73.1 Å². The standard InChI is InChI=1S/C23H23ClN2O3/c24-13-5-6-15-28-21-11-3-1-8-18(21)17-29-22-12-4-2-10-20(22)23(27)26-19-9-7-14-25-16-19/h1-4,7-12,14,16H,5-6,13,15,17H2,(H,26,27). The number of benzene rings is 2. The molecule has 0 atom stereocenters. The lowest BCUT2D eigenvalue weighted by Gasteiger charge is -2.14. The van der Waals surface area contributed by atoms with Crippen LogP contribution in [0.5, 0.6) is 11.5 Å². The molecule has 0 radical (unpaired) electrons. The highest BCUT2D eigenvalue weighted by Gasteiger charge is 2.13. The van der Waals surface area contributed by atoms with Crippen LogP contribution in [0.2, 0.25) is 0 Å². The largest absolute Gasteiger partial charge is 0.493 e. The number of carbonyl (C=O) groups is 1. The van der Waals surface area contributed by atoms with Crippen LogP contribution in [-0.4, -0.2) is 23.4 Å². The zero-order valence-corrected chi connectivity index (χ0v) is 16.8. The molecule has 6 heteroatoms. The number of pyridine rings is 1. The minimum atomic E-state index is -0.251. The molecule has 29 heavy (non-hydrogen) atoms. The van der Waals surface area contributed by atoms with Crippen molar-refractivity contribution >= 4 is 23.2 Å². The van der Waals surface area contributed by atoms with Gasteiger partial charge < -0.3 is 14.8 Å². The summed E-state index contributed by atoms with van der Waals surface area (Å²) in [6.45, 7) is 0.900. The Labute approximate surface area is 175 Å². The third kappa shape index (κ3) is 6.22. The Hall–Kier alpha value is -3.05. The molecule has 0 aliphatic carbocycles. The van der Waals surface area contributed by atoms with Crippen molar-refractivity contribution in [2.75, 3.05) is 17.8 Å². The maximum Gasteiger partial charge on any atom is 0.259 e. The quantitative estimate of drug-likeness (QED) is 0.363. The lowest BCUT2D eigenvalue weighted by Crippen LogP contribution is -2.14. The van der Waals surface area contributed by atoms with E-state index in [1.54, 1.807) is 42.7 Å². The summed E-state index contributed by atoms with van der Waals surface area (Å²) in [4.78, 5) is 16.7. The molecule has 0 aliphatic heterocycles. The van der Waals surface area contributed by atoms with E-state index in [-0.39, 0.29) is 5.91 Å². The molecule has 0 spiro atoms. The summed E-state index contributed by atoms with van der Waals surface area (Å²) in [7, 11) is 0. The lowest BCUT2D eigenvalue weighted by atomic mass is 10.1. The zero-order valence-electron chi connectivity index (χ0n) is 16.0. The summed E-state index contributed by atoms with van der Waals surface area (Å²) < 4.78 is 11.8. The number of aromatic nitrogens is 1. The Kier molecular flexibility index (Phi) is 7.90. The van der Waals surface area contributed by atoms with Gasteiger partial charge in [0.1, 0.15) is 18.1 Å². The second-order valence-corrected chi connectivity index (χ2v) is 6.71. The summed E-state index contributed by atoms with van der Waals surface area (Å²) in [6.07, 6.45) is 5.07. The number of nitrogens with zero attached hydrogens (tertiary/aromatic N) is 1. The molecule has 0 saturated heterocycles. The number of halogens is 1. The molecule has 1 N–H and O–H groups in total. The molecule has 150 valence electrons. The first-order valence-electron chi connectivity index (χ1n) is 9.48. The van der Waals surface area contributed by atoms with Gasteiger partial charge in [-0.3, -0.25) is 9.78 Å². The first kappa shape index (κ1) is 20.7. The van der Waals surface area contributed by atoms with Crippen LogP contribution in [-0.2, 0) is 6.61 Å². The van der Waals surface area contributed by atoms with Crippen molar-refractivity contribution in [3.63, 3.8) is 0 Å². The summed E-state index contributed by atoms with van der Waals surface area (Å²) in [6, 6.07) is 18.4. The molecule has 0 saturated carbocycles. The number of para-hydroxylation sites is 2. The monoisotopic (exact) mass is 410 g/mol. The maximum absolute atomic E-state index is 12.7. The van der Waals surface area contributed by atoms with E-state index in [4.69, 9.17) is 21.1 Å². The van der Waals surface area contributed by atoms with Crippen molar-refractivity contribution in [1.29, 1.82) is 0 Å². The fourth-order valence-electron chi connectivity index (χ4n) is 2.71. The molecule has 0 unspecified atom stereocenters. The summed E-state index contributed by atoms with van der Waals surface area (Å²) in [5.41, 5.74) is 2.00. The van der Waals surface area contributed by atoms with Gasteiger partial charge in [-0.15, -0.1) is 11.6 Å². The van der Waals surface area contributed by atoms with Gasteiger partial charge in [0.15, 0.2) is 0 Å². The summed E-state index contributed by atoms with van der Waals surface area (Å²) in [5, 5.41) is 2.83. The van der Waals surface area contributed by atoms with Crippen molar-refractivity contribution in [2.45, 2.75) is 19.4 Å². The molecule has 0 fully saturated rings. The van der Waals surface area contributed by atoms with Crippen LogP contribution in [0.4, 0.5) is 5.69 Å². The van der Waals surface area contributed by atoms with Gasteiger partial charge in [0.05, 0.1) is 24.1 Å². The number of alkyl halides is 1. The SMILES string of the molecule is O=C(Nc1cccnc1)c1ccccc1OCc1ccccc1OCCCCCl. The Morgan fingerprint density at radius 1 is 0.931 bits per heavy atom. The van der Waals surface area contributed by atoms with E-state index in [1.807, 2.05) is 30.3 Å². The smallest absolute Gasteiger partial charge is 0.259 e. The molecular weight excluding hydrogens is 388 g/mol. The van der Waals surface area contributed by atoms with E-state index < -0.39 is 0 Å². The number of carbonyl (C=O) groups excluding carboxylic acids is 1. The molecule has 0 aliphatic rings. The van der Waals surface area contributed by atoms with Crippen LogP contribution in [0.1, 0.15) is 28.8 Å². The van der Waals surface area contributed by atoms with Crippen LogP contribution in [0, 0.1) is 0 Å². The predicted octanol–water partition coefficient (Wildman–Crippen LogP) is 5.31. The van der Waals surface area contributed by atoms with E-state index in [0.29, 0.717) is 36.1 Å². The van der Waals surface area contributed by atoms with Gasteiger partial charge >= 0.3 is 0 Å². The number of amides is 1. The number of ether oxygens (including phenoxy) is 2. The Morgan fingerprint density at radius 3 is 2.52 bits per heavy atom. The number of hydrogen-bond donors (Lipinski definition) is 1. The molecule has 1 heterocycles. The normalized spacial score (nSPS) is 10.4. The third-order valence-corrected chi connectivity index (χ3v) is 4.46. The van der Waals surface area contributed by atoms with Crippen LogP contribution in [0.3, 0.4) is 0 Å². The van der Waals surface area contributed by atoms with E-state index in [0.717, 1.165) is 24.2 Å². The number of rotatable bonds is 10. The van der Waals surface area contributed by atoms with Crippen LogP contribution < -0.4 is 14.8 Å². The number of unbranched alkanes of at least 4 members (excludes halogenated alkanes) is 1. The topological polar surface area (TPSA) is 60.5 Å². The minimum absolute atomic E-state index is 0.251. The van der Waals surface area contributed by atoms with Crippen molar-refractivity contribution in [3.05, 3.63) is 84.2 Å². The van der Waals surface area contributed by atoms with E-state index in [2.05, 4.69) is 10.3 Å². The van der Waals surface area contributed by atoms with Crippen molar-refractivity contribution in [2.24, 2.45) is 0 Å². The van der Waals surface area contributed by atoms with Crippen LogP contribution >= 0.6 is 11.6 Å². The molecule has 0 bridgehead atoms. The average molecular weight is 411 g/mol. The molecule has 5 nitrogen and oxygen atoms in total. The molecule has 3 aromatic rings. The lowest BCUT2D eigenvalue weighted by molar-refractivity contribution is 0.102. The number of nitrogens with one attached hydrogen (secondary N) is 1. The Balaban J connectivity index is 1.67. The van der Waals surface area contributed by atoms with Gasteiger partial charge in [0, 0.05) is 17.6 Å². The van der Waals surface area contributed by atoms with Crippen molar-refractivity contribution in [3.8, 4) is 11.5 Å². The first-order valence-corrected chi connectivity index (χ1v) is 10.0. The van der Waals surface area contributed by atoms with Gasteiger partial charge in [-0.2, -0.15) is 0 Å². The van der Waals surface area contributed by atoms with Crippen molar-refractivity contribution in [1.82, 2.24) is 4.98 Å². The third-order valence-electron chi connectivity index (χ3n) is 4.19. The Bertz CT molecular complexity index is 919. The van der Waals surface area contributed by atoms with Crippen LogP contribution in [0.25, 0.3) is 0 Å². The molecular formula is C23H23ClN2O3. The molecule has 2 aromatic carbocycles. The Morgan fingerprint density at radius 2 is 1.72 bits per heavy atom. The van der Waals surface area contributed by atoms with Gasteiger partial charge in [0.25, 0.3) is 5.91 Å². The van der Waals surface area contributed by atoms with E-state index >= 15 is 0 Å². The highest BCUT2D eigenvalue weighted by molar-refractivity contribution is 6.17. The fourth-order valence-corrected chi connectivity index (χ4v) is 2.90. The zero-order chi connectivity index (χ0) is 20.3. The van der Waals surface area contributed by atoms with Gasteiger partial charge in [-0.05, 0) is 43.2 Å². The maximum atomic E-state index is 12.7. The van der Waals surface area contributed by atoms with Gasteiger partial charge in [-0.25, -0.2) is 0 Å². The van der Waals surface area contributed by atoms with Crippen molar-refractivity contribution < 1.29 is 14.3 Å². The summed E-state index contributed by atoms with van der Waals surface area (Å²) in [5.74, 6) is 1.66. The van der Waals surface area contributed by atoms with E-state index in [9.17, 15) is 4.79 Å². The first-order chi connectivity index (χ1) is 14.3. The van der Waals surface area contributed by atoms with E-state index in [1.165, 1.54) is 0 Å². The number of anilines is 1. The second kappa shape index (κ2) is 11.1. The average Bonchev–Trinajstić information content (AvgIpc) is 2.77. The van der Waals surface area contributed by atoms with Gasteiger partial charge in [-0.1, -0.05) is 30.3 Å².